The normalized spacial score (nSPS) is 11.3. The van der Waals surface area contributed by atoms with Crippen molar-refractivity contribution in [1.29, 1.82) is 0 Å². The van der Waals surface area contributed by atoms with Crippen molar-refractivity contribution >= 4 is 11.6 Å². The Morgan fingerprint density at radius 2 is 1.78 bits per heavy atom. The molecule has 1 rings (SSSR count). The van der Waals surface area contributed by atoms with Crippen LogP contribution in [0.1, 0.15) is 45.6 Å². The maximum Gasteiger partial charge on any atom is 0.220 e. The van der Waals surface area contributed by atoms with E-state index in [0.717, 1.165) is 30.5 Å². The maximum absolute atomic E-state index is 11.9. The Bertz CT molecular complexity index is 380. The summed E-state index contributed by atoms with van der Waals surface area (Å²) in [6.07, 6.45) is 3.20. The standard InChI is InChI=1S/C15H24N2O/c1-4-15(3,5-2)17-14(18)11-8-12-6-9-13(16)10-7-12/h6-7,9-10H,4-5,8,11,16H2,1-3H3,(H,17,18). The molecule has 0 fully saturated rings. The van der Waals surface area contributed by atoms with Crippen LogP contribution in [0.3, 0.4) is 0 Å². The molecule has 0 bridgehead atoms. The van der Waals surface area contributed by atoms with Crippen LogP contribution in [0.2, 0.25) is 0 Å². The molecule has 0 saturated heterocycles. The summed E-state index contributed by atoms with van der Waals surface area (Å²) in [5, 5.41) is 3.11. The van der Waals surface area contributed by atoms with E-state index in [1.165, 1.54) is 0 Å². The number of carbonyl (C=O) groups is 1. The van der Waals surface area contributed by atoms with E-state index in [1.54, 1.807) is 0 Å². The lowest BCUT2D eigenvalue weighted by molar-refractivity contribution is -0.122. The summed E-state index contributed by atoms with van der Waals surface area (Å²) in [4.78, 5) is 11.9. The van der Waals surface area contributed by atoms with E-state index in [2.05, 4.69) is 26.1 Å². The van der Waals surface area contributed by atoms with E-state index in [-0.39, 0.29) is 11.4 Å². The summed E-state index contributed by atoms with van der Waals surface area (Å²) >= 11 is 0. The van der Waals surface area contributed by atoms with E-state index in [0.29, 0.717) is 6.42 Å². The van der Waals surface area contributed by atoms with Crippen molar-refractivity contribution in [1.82, 2.24) is 5.32 Å². The van der Waals surface area contributed by atoms with E-state index in [4.69, 9.17) is 5.73 Å². The van der Waals surface area contributed by atoms with Gasteiger partial charge < -0.3 is 11.1 Å². The summed E-state index contributed by atoms with van der Waals surface area (Å²) in [7, 11) is 0. The van der Waals surface area contributed by atoms with Gasteiger partial charge in [0.2, 0.25) is 5.91 Å². The first kappa shape index (κ1) is 14.6. The van der Waals surface area contributed by atoms with Crippen molar-refractivity contribution in [3.05, 3.63) is 29.8 Å². The lowest BCUT2D eigenvalue weighted by Crippen LogP contribution is -2.45. The predicted molar refractivity (Wildman–Crippen MR) is 76.3 cm³/mol. The molecule has 3 N–H and O–H groups in total. The first-order valence-corrected chi connectivity index (χ1v) is 6.64. The molecule has 0 unspecified atom stereocenters. The second kappa shape index (κ2) is 6.43. The second-order valence-electron chi connectivity index (χ2n) is 5.06. The fourth-order valence-electron chi connectivity index (χ4n) is 1.77. The fraction of sp³-hybridized carbons (Fsp3) is 0.533. The molecule has 0 aliphatic heterocycles. The van der Waals surface area contributed by atoms with Crippen LogP contribution in [0.15, 0.2) is 24.3 Å². The number of rotatable bonds is 6. The molecule has 0 atom stereocenters. The highest BCUT2D eigenvalue weighted by Gasteiger charge is 2.21. The highest BCUT2D eigenvalue weighted by atomic mass is 16.1. The zero-order valence-electron chi connectivity index (χ0n) is 11.6. The molecule has 0 spiro atoms. The van der Waals surface area contributed by atoms with Crippen LogP contribution < -0.4 is 11.1 Å². The second-order valence-corrected chi connectivity index (χ2v) is 5.06. The SMILES string of the molecule is CCC(C)(CC)NC(=O)CCc1ccc(N)cc1. The van der Waals surface area contributed by atoms with Gasteiger partial charge in [0.05, 0.1) is 0 Å². The first-order chi connectivity index (χ1) is 8.49. The van der Waals surface area contributed by atoms with E-state index >= 15 is 0 Å². The predicted octanol–water partition coefficient (Wildman–Crippen LogP) is 2.90. The third kappa shape index (κ3) is 4.40. The van der Waals surface area contributed by atoms with Crippen LogP contribution in [0, 0.1) is 0 Å². The molecular formula is C15H24N2O. The number of nitrogens with one attached hydrogen (secondary N) is 1. The van der Waals surface area contributed by atoms with Crippen molar-refractivity contribution in [2.45, 2.75) is 52.0 Å². The van der Waals surface area contributed by atoms with E-state index in [1.807, 2.05) is 24.3 Å². The fourth-order valence-corrected chi connectivity index (χ4v) is 1.77. The first-order valence-electron chi connectivity index (χ1n) is 6.64. The molecule has 0 heterocycles. The Labute approximate surface area is 110 Å². The zero-order valence-corrected chi connectivity index (χ0v) is 11.6. The minimum absolute atomic E-state index is 0.0712. The molecule has 0 aromatic heterocycles. The number of hydrogen-bond donors (Lipinski definition) is 2. The summed E-state index contributed by atoms with van der Waals surface area (Å²) in [5.41, 5.74) is 7.46. The van der Waals surface area contributed by atoms with Crippen molar-refractivity contribution < 1.29 is 4.79 Å². The van der Waals surface area contributed by atoms with Gasteiger partial charge in [-0.2, -0.15) is 0 Å². The Morgan fingerprint density at radius 3 is 2.28 bits per heavy atom. The molecule has 3 nitrogen and oxygen atoms in total. The van der Waals surface area contributed by atoms with E-state index < -0.39 is 0 Å². The van der Waals surface area contributed by atoms with Gasteiger partial charge in [-0.25, -0.2) is 0 Å². The van der Waals surface area contributed by atoms with E-state index in [9.17, 15) is 4.79 Å². The third-order valence-electron chi connectivity index (χ3n) is 3.62. The van der Waals surface area contributed by atoms with Crippen LogP contribution in [0.25, 0.3) is 0 Å². The summed E-state index contributed by atoms with van der Waals surface area (Å²) in [6, 6.07) is 7.69. The minimum Gasteiger partial charge on any atom is -0.399 e. The van der Waals surface area contributed by atoms with Crippen LogP contribution in [0.4, 0.5) is 5.69 Å². The molecule has 1 aromatic rings. The van der Waals surface area contributed by atoms with Gasteiger partial charge in [0, 0.05) is 17.6 Å². The summed E-state index contributed by atoms with van der Waals surface area (Å²) < 4.78 is 0. The van der Waals surface area contributed by atoms with Gasteiger partial charge in [-0.15, -0.1) is 0 Å². The topological polar surface area (TPSA) is 55.1 Å². The smallest absolute Gasteiger partial charge is 0.220 e. The number of hydrogen-bond acceptors (Lipinski definition) is 2. The number of benzene rings is 1. The number of amides is 1. The number of carbonyl (C=O) groups excluding carboxylic acids is 1. The Balaban J connectivity index is 2.44. The zero-order chi connectivity index (χ0) is 13.6. The lowest BCUT2D eigenvalue weighted by atomic mass is 9.95. The highest BCUT2D eigenvalue weighted by Crippen LogP contribution is 2.14. The van der Waals surface area contributed by atoms with Crippen LogP contribution in [0.5, 0.6) is 0 Å². The number of nitrogens with two attached hydrogens (primary N) is 1. The highest BCUT2D eigenvalue weighted by molar-refractivity contribution is 5.77. The number of anilines is 1. The average Bonchev–Trinajstić information content (AvgIpc) is 2.38. The average molecular weight is 248 g/mol. The molecule has 0 radical (unpaired) electrons. The molecular weight excluding hydrogens is 224 g/mol. The van der Waals surface area contributed by atoms with Gasteiger partial charge in [-0.05, 0) is 43.9 Å². The van der Waals surface area contributed by atoms with Gasteiger partial charge in [-0.3, -0.25) is 4.79 Å². The van der Waals surface area contributed by atoms with Crippen molar-refractivity contribution in [3.63, 3.8) is 0 Å². The van der Waals surface area contributed by atoms with Gasteiger partial charge >= 0.3 is 0 Å². The molecule has 18 heavy (non-hydrogen) atoms. The number of nitrogen functional groups attached to an aromatic ring is 1. The summed E-state index contributed by atoms with van der Waals surface area (Å²) in [6.45, 7) is 6.29. The molecule has 0 aliphatic carbocycles. The maximum atomic E-state index is 11.9. The van der Waals surface area contributed by atoms with Crippen molar-refractivity contribution in [2.24, 2.45) is 0 Å². The lowest BCUT2D eigenvalue weighted by Gasteiger charge is -2.28. The molecule has 0 aliphatic rings. The molecule has 1 aromatic carbocycles. The monoisotopic (exact) mass is 248 g/mol. The molecule has 100 valence electrons. The number of aryl methyl sites for hydroxylation is 1. The van der Waals surface area contributed by atoms with Crippen molar-refractivity contribution in [3.8, 4) is 0 Å². The minimum atomic E-state index is -0.0712. The van der Waals surface area contributed by atoms with Crippen LogP contribution in [-0.4, -0.2) is 11.4 Å². The molecule has 3 heteroatoms. The van der Waals surface area contributed by atoms with Crippen LogP contribution >= 0.6 is 0 Å². The van der Waals surface area contributed by atoms with Gasteiger partial charge in [-0.1, -0.05) is 26.0 Å². The Morgan fingerprint density at radius 1 is 1.22 bits per heavy atom. The van der Waals surface area contributed by atoms with Gasteiger partial charge in [0.25, 0.3) is 0 Å². The van der Waals surface area contributed by atoms with Crippen LogP contribution in [-0.2, 0) is 11.2 Å². The largest absolute Gasteiger partial charge is 0.399 e. The molecule has 1 amide bonds. The van der Waals surface area contributed by atoms with Crippen molar-refractivity contribution in [2.75, 3.05) is 5.73 Å². The third-order valence-corrected chi connectivity index (χ3v) is 3.62. The Hall–Kier alpha value is -1.51. The van der Waals surface area contributed by atoms with Gasteiger partial charge in [0.1, 0.15) is 0 Å². The quantitative estimate of drug-likeness (QED) is 0.761. The summed E-state index contributed by atoms with van der Waals surface area (Å²) in [5.74, 6) is 0.123. The van der Waals surface area contributed by atoms with Gasteiger partial charge in [0.15, 0.2) is 0 Å². The Kier molecular flexibility index (Phi) is 5.20. The molecule has 0 saturated carbocycles.